The number of ether oxygens (including phenoxy) is 6. The molecule has 0 saturated carbocycles. The van der Waals surface area contributed by atoms with Crippen LogP contribution in [0.3, 0.4) is 0 Å². The molecular weight excluding hydrogens is 492 g/mol. The maximum Gasteiger partial charge on any atom is 0.508 e. The Labute approximate surface area is 221 Å². The second-order valence-corrected chi connectivity index (χ2v) is 8.19. The summed E-state index contributed by atoms with van der Waals surface area (Å²) in [5.41, 5.74) is 2.26. The Morgan fingerprint density at radius 3 is 1.45 bits per heavy atom. The molecule has 38 heavy (non-hydrogen) atoms. The van der Waals surface area contributed by atoms with Crippen molar-refractivity contribution in [1.29, 1.82) is 0 Å². The third-order valence-electron chi connectivity index (χ3n) is 5.37. The van der Waals surface area contributed by atoms with Gasteiger partial charge in [-0.3, -0.25) is 9.59 Å². The van der Waals surface area contributed by atoms with Crippen LogP contribution in [0.5, 0.6) is 11.5 Å². The average molecular weight is 523 g/mol. The fourth-order valence-electron chi connectivity index (χ4n) is 3.30. The Balaban J connectivity index is 1.54. The van der Waals surface area contributed by atoms with E-state index < -0.39 is 24.2 Å². The van der Waals surface area contributed by atoms with E-state index in [4.69, 9.17) is 28.4 Å². The zero-order chi connectivity index (χ0) is 27.2. The Morgan fingerprint density at radius 1 is 0.579 bits per heavy atom. The lowest BCUT2D eigenvalue weighted by molar-refractivity contribution is -0.151. The Kier molecular flexibility index (Phi) is 11.0. The molecular formula is C29H30O9. The smallest absolute Gasteiger partial charge is 0.497 e. The predicted octanol–water partition coefficient (Wildman–Crippen LogP) is 4.99. The van der Waals surface area contributed by atoms with Crippen molar-refractivity contribution >= 4 is 18.1 Å². The lowest BCUT2D eigenvalue weighted by Gasteiger charge is -2.17. The van der Waals surface area contributed by atoms with Gasteiger partial charge in [0.15, 0.2) is 0 Å². The van der Waals surface area contributed by atoms with E-state index in [1.807, 2.05) is 18.2 Å². The molecule has 0 spiro atoms. The zero-order valence-electron chi connectivity index (χ0n) is 21.3. The molecule has 0 atom stereocenters. The van der Waals surface area contributed by atoms with Crippen molar-refractivity contribution in [1.82, 2.24) is 0 Å². The average Bonchev–Trinajstić information content (AvgIpc) is 2.95. The first-order chi connectivity index (χ1) is 18.4. The first-order valence-corrected chi connectivity index (χ1v) is 11.9. The standard InChI is InChI=1S/C29H30O9/c1-33-24-12-8-22(9-13-24)18-35-27(30)16-26(38-29(32)37-20-21-6-4-3-5-7-21)17-28(31)36-19-23-10-14-25(34-2)15-11-23/h3-15,26H,16-20H2,1-2H3. The van der Waals surface area contributed by atoms with Crippen LogP contribution in [0, 0.1) is 0 Å². The van der Waals surface area contributed by atoms with E-state index in [0.717, 1.165) is 16.7 Å². The number of esters is 2. The number of benzene rings is 3. The monoisotopic (exact) mass is 522 g/mol. The van der Waals surface area contributed by atoms with Crippen LogP contribution in [-0.4, -0.2) is 38.4 Å². The van der Waals surface area contributed by atoms with Gasteiger partial charge in [-0.2, -0.15) is 0 Å². The number of carbonyl (C=O) groups excluding carboxylic acids is 3. The van der Waals surface area contributed by atoms with Gasteiger partial charge in [-0.05, 0) is 41.0 Å². The summed E-state index contributed by atoms with van der Waals surface area (Å²) < 4.78 is 31.2. The summed E-state index contributed by atoms with van der Waals surface area (Å²) in [6, 6.07) is 23.1. The molecule has 0 heterocycles. The highest BCUT2D eigenvalue weighted by Gasteiger charge is 2.24. The Bertz CT molecular complexity index is 1090. The summed E-state index contributed by atoms with van der Waals surface area (Å²) in [5, 5.41) is 0. The molecule has 0 fully saturated rings. The summed E-state index contributed by atoms with van der Waals surface area (Å²) in [6.45, 7) is 0.00204. The number of rotatable bonds is 13. The molecule has 3 aromatic carbocycles. The maximum atomic E-state index is 12.5. The molecule has 0 saturated heterocycles. The van der Waals surface area contributed by atoms with Crippen LogP contribution in [-0.2, 0) is 48.4 Å². The molecule has 0 radical (unpaired) electrons. The topological polar surface area (TPSA) is 107 Å². The molecule has 9 heteroatoms. The summed E-state index contributed by atoms with van der Waals surface area (Å²) in [5.74, 6) is 0.0562. The van der Waals surface area contributed by atoms with Crippen LogP contribution in [0.2, 0.25) is 0 Å². The van der Waals surface area contributed by atoms with Crippen molar-refractivity contribution in [2.75, 3.05) is 14.2 Å². The first kappa shape index (κ1) is 28.0. The molecule has 0 bridgehead atoms. The lowest BCUT2D eigenvalue weighted by Crippen LogP contribution is -2.26. The van der Waals surface area contributed by atoms with E-state index in [9.17, 15) is 14.4 Å². The van der Waals surface area contributed by atoms with Gasteiger partial charge in [-0.15, -0.1) is 0 Å². The Morgan fingerprint density at radius 2 is 1.00 bits per heavy atom. The van der Waals surface area contributed by atoms with Crippen molar-refractivity contribution in [3.05, 3.63) is 95.6 Å². The van der Waals surface area contributed by atoms with Crippen LogP contribution < -0.4 is 9.47 Å². The molecule has 0 amide bonds. The third kappa shape index (κ3) is 9.85. The quantitative estimate of drug-likeness (QED) is 0.227. The van der Waals surface area contributed by atoms with Crippen LogP contribution in [0.25, 0.3) is 0 Å². The summed E-state index contributed by atoms with van der Waals surface area (Å²) in [6.07, 6.45) is -2.85. The van der Waals surface area contributed by atoms with Crippen LogP contribution in [0.1, 0.15) is 29.5 Å². The molecule has 0 aliphatic carbocycles. The minimum Gasteiger partial charge on any atom is -0.497 e. The van der Waals surface area contributed by atoms with Gasteiger partial charge in [0.2, 0.25) is 0 Å². The van der Waals surface area contributed by atoms with Crippen molar-refractivity contribution in [3.8, 4) is 11.5 Å². The summed E-state index contributed by atoms with van der Waals surface area (Å²) >= 11 is 0. The second-order valence-electron chi connectivity index (χ2n) is 8.19. The highest BCUT2D eigenvalue weighted by molar-refractivity contribution is 5.74. The van der Waals surface area contributed by atoms with E-state index in [2.05, 4.69) is 0 Å². The largest absolute Gasteiger partial charge is 0.508 e. The van der Waals surface area contributed by atoms with Crippen LogP contribution in [0.15, 0.2) is 78.9 Å². The second kappa shape index (κ2) is 14.9. The third-order valence-corrected chi connectivity index (χ3v) is 5.37. The van der Waals surface area contributed by atoms with E-state index in [1.165, 1.54) is 0 Å². The summed E-state index contributed by atoms with van der Waals surface area (Å²) in [4.78, 5) is 37.3. The Hall–Kier alpha value is -4.53. The molecule has 200 valence electrons. The summed E-state index contributed by atoms with van der Waals surface area (Å²) in [7, 11) is 3.12. The number of methoxy groups -OCH3 is 2. The molecule has 9 nitrogen and oxygen atoms in total. The molecule has 0 unspecified atom stereocenters. The van der Waals surface area contributed by atoms with Gasteiger partial charge < -0.3 is 28.4 Å². The van der Waals surface area contributed by atoms with Gasteiger partial charge in [-0.1, -0.05) is 54.6 Å². The van der Waals surface area contributed by atoms with E-state index in [0.29, 0.717) is 11.5 Å². The van der Waals surface area contributed by atoms with Gasteiger partial charge in [0.1, 0.15) is 37.4 Å². The fraction of sp³-hybridized carbons (Fsp3) is 0.276. The maximum absolute atomic E-state index is 12.5. The molecule has 0 aromatic heterocycles. The van der Waals surface area contributed by atoms with Gasteiger partial charge >= 0.3 is 18.1 Å². The molecule has 0 N–H and O–H groups in total. The van der Waals surface area contributed by atoms with E-state index in [-0.39, 0.29) is 32.7 Å². The number of hydrogen-bond donors (Lipinski definition) is 0. The van der Waals surface area contributed by atoms with Gasteiger partial charge in [0.05, 0.1) is 27.1 Å². The van der Waals surface area contributed by atoms with Crippen LogP contribution >= 0.6 is 0 Å². The van der Waals surface area contributed by atoms with Crippen molar-refractivity contribution in [2.24, 2.45) is 0 Å². The minimum absolute atomic E-state index is 0.00984. The highest BCUT2D eigenvalue weighted by atomic mass is 16.7. The van der Waals surface area contributed by atoms with Gasteiger partial charge in [-0.25, -0.2) is 4.79 Å². The molecule has 3 rings (SSSR count). The normalized spacial score (nSPS) is 10.4. The highest BCUT2D eigenvalue weighted by Crippen LogP contribution is 2.16. The zero-order valence-corrected chi connectivity index (χ0v) is 21.3. The van der Waals surface area contributed by atoms with Crippen molar-refractivity contribution < 1.29 is 42.8 Å². The van der Waals surface area contributed by atoms with E-state index in [1.54, 1.807) is 74.9 Å². The number of hydrogen-bond acceptors (Lipinski definition) is 9. The van der Waals surface area contributed by atoms with Crippen molar-refractivity contribution in [3.63, 3.8) is 0 Å². The molecule has 3 aromatic rings. The number of carbonyl (C=O) groups is 3. The van der Waals surface area contributed by atoms with Gasteiger partial charge in [0.25, 0.3) is 0 Å². The predicted molar refractivity (Wildman–Crippen MR) is 136 cm³/mol. The fourth-order valence-corrected chi connectivity index (χ4v) is 3.30. The lowest BCUT2D eigenvalue weighted by atomic mass is 10.2. The minimum atomic E-state index is -1.13. The molecule has 0 aliphatic heterocycles. The SMILES string of the molecule is COc1ccc(COC(=O)CC(CC(=O)OCc2ccc(OC)cc2)OC(=O)OCc2ccccc2)cc1. The van der Waals surface area contributed by atoms with E-state index >= 15 is 0 Å². The van der Waals surface area contributed by atoms with Gasteiger partial charge in [0, 0.05) is 0 Å². The first-order valence-electron chi connectivity index (χ1n) is 11.9. The van der Waals surface area contributed by atoms with Crippen LogP contribution in [0.4, 0.5) is 4.79 Å². The van der Waals surface area contributed by atoms with Crippen molar-refractivity contribution in [2.45, 2.75) is 38.8 Å². The molecule has 0 aliphatic rings.